The third kappa shape index (κ3) is 15.2. The Hall–Kier alpha value is -9.04. The number of aliphatic hydroxyl groups excluding tert-OH is 5. The summed E-state index contributed by atoms with van der Waals surface area (Å²) < 4.78 is 25.1. The van der Waals surface area contributed by atoms with Crippen molar-refractivity contribution < 1.29 is 103 Å². The largest absolute Gasteiger partial charge is 0.508 e. The number of amides is 7. The van der Waals surface area contributed by atoms with Gasteiger partial charge in [0.25, 0.3) is 0 Å². The predicted octanol–water partition coefficient (Wildman–Crippen LogP) is 1.27. The third-order valence-electron chi connectivity index (χ3n) is 14.8. The highest BCUT2D eigenvalue weighted by Gasteiger charge is 2.42. The molecule has 480 valence electrons. The van der Waals surface area contributed by atoms with E-state index in [1.807, 2.05) is 13.8 Å². The van der Waals surface area contributed by atoms with E-state index < -0.39 is 203 Å². The van der Waals surface area contributed by atoms with E-state index >= 15 is 9.59 Å². The number of likely N-dealkylation sites (N-methyl/N-ethyl adjacent to an activating group) is 1. The van der Waals surface area contributed by atoms with Crippen molar-refractivity contribution in [2.45, 2.75) is 113 Å². The number of rotatable bonds is 12. The average molecular weight is 1290 g/mol. The number of phenols is 3. The number of hydrogen-bond donors (Lipinski definition) is 17. The molecule has 29 nitrogen and oxygen atoms in total. The van der Waals surface area contributed by atoms with Gasteiger partial charge in [-0.05, 0) is 96.2 Å². The van der Waals surface area contributed by atoms with Gasteiger partial charge in [0.2, 0.25) is 53.4 Å². The second-order valence-corrected chi connectivity index (χ2v) is 22.6. The van der Waals surface area contributed by atoms with Gasteiger partial charge in [-0.2, -0.15) is 0 Å². The van der Waals surface area contributed by atoms with Crippen LogP contribution in [0.2, 0.25) is 10.0 Å². The summed E-state index contributed by atoms with van der Waals surface area (Å²) in [5.41, 5.74) is 9.14. The third-order valence-corrected chi connectivity index (χ3v) is 15.4. The van der Waals surface area contributed by atoms with Crippen molar-refractivity contribution in [1.82, 2.24) is 31.9 Å². The Bertz CT molecular complexity index is 3630. The fourth-order valence-electron chi connectivity index (χ4n) is 10.3. The maximum Gasteiger partial charge on any atom is 0.330 e. The number of aromatic hydroxyl groups is 3. The summed E-state index contributed by atoms with van der Waals surface area (Å²) >= 11 is 13.8. The van der Waals surface area contributed by atoms with Crippen molar-refractivity contribution >= 4 is 70.5 Å². The number of primary amides is 2. The van der Waals surface area contributed by atoms with Crippen molar-refractivity contribution in [2.24, 2.45) is 17.4 Å². The number of carboxylic acid groups (broad SMARTS) is 1. The molecule has 5 heterocycles. The molecule has 0 radical (unpaired) electrons. The van der Waals surface area contributed by atoms with Crippen LogP contribution in [0.4, 0.5) is 0 Å². The maximum atomic E-state index is 15.5. The first-order chi connectivity index (χ1) is 42.5. The standard InChI is InChI=1S/C59H64Cl2N8O21/c1-22(2)10-32(64-3)55(81)69-50-51(78)25-6-9-39(31(61)13-25)88-41-15-26-14-40(53(41)90-45-20-37(75)52(79)42(21-70)89-45)87-38-8-5-23(12-30(38)60)35(73)19-44(77)66-49(59(85)86)29-16-27(71)17-36(74)46(29)28-11-24(4-7-34(28)72)47(54(63)80)67-57(83)48(26)68-56(82)33(18-43(62)76)65-58(50)84/h4-9,11-17,22,32-33,35,37,42,45,47-52,64,70-75,78-79H,10,18-21H2,1-3H3,(H2,62,76)(H2,63,80)(H,65,84)(H,66,77)(H,67,83)(H,68,82)(H,69,81)(H,85,86)/t32-,33+,35+,37-,42-,45+,47-,48-,49+,50-,51-,52+/m1/s1. The van der Waals surface area contributed by atoms with E-state index in [-0.39, 0.29) is 50.6 Å². The molecular formula is C59H64Cl2N8O21. The second kappa shape index (κ2) is 28.2. The molecule has 10 rings (SSSR count). The Morgan fingerprint density at radius 3 is 1.96 bits per heavy atom. The number of ether oxygens (including phenoxy) is 4. The summed E-state index contributed by atoms with van der Waals surface area (Å²) in [7, 11) is 1.48. The van der Waals surface area contributed by atoms with Gasteiger partial charge in [-0.25, -0.2) is 4.79 Å². The van der Waals surface area contributed by atoms with Gasteiger partial charge in [-0.15, -0.1) is 0 Å². The van der Waals surface area contributed by atoms with Crippen molar-refractivity contribution in [3.8, 4) is 57.1 Å². The molecule has 5 aromatic rings. The molecule has 1 fully saturated rings. The predicted molar refractivity (Wildman–Crippen MR) is 313 cm³/mol. The average Bonchev–Trinajstić information content (AvgIpc) is 0.922. The quantitative estimate of drug-likeness (QED) is 0.0836. The molecule has 31 heteroatoms. The minimum absolute atomic E-state index is 0.0671. The number of aliphatic hydroxyl groups is 5. The Balaban J connectivity index is 1.40. The zero-order valence-corrected chi connectivity index (χ0v) is 49.4. The lowest BCUT2D eigenvalue weighted by atomic mass is 9.90. The Kier molecular flexibility index (Phi) is 21.0. The van der Waals surface area contributed by atoms with Crippen LogP contribution in [0.25, 0.3) is 11.1 Å². The SMILES string of the molecule is CN[C@H](CC(C)C)C(=O)N[C@H]1C(=O)N[C@@H](CC(N)=O)C(=O)N[C@H]2C(=O)N[C@@H](C(N)=O)c3ccc(O)c(c3)-c3c(O)cc(O)cc3[C@@H](C(=O)O)NC(=O)C[C@H](O)c3ccc(c(Cl)c3)Oc3cc2cc(c3O[C@H]2C[C@@H](O)[C@H](O)[C@@H](CO)O2)Oc2ccc(cc2Cl)[C@H]1O. The van der Waals surface area contributed by atoms with Crippen molar-refractivity contribution in [2.75, 3.05) is 13.7 Å². The Morgan fingerprint density at radius 2 is 1.37 bits per heavy atom. The number of fused-ring (bicyclic) bond motifs is 16. The van der Waals surface area contributed by atoms with Gasteiger partial charge < -0.3 is 108 Å². The molecule has 0 aliphatic carbocycles. The summed E-state index contributed by atoms with van der Waals surface area (Å²) in [6.07, 6.45) is -12.2. The number of carbonyl (C=O) groups is 8. The van der Waals surface area contributed by atoms with Gasteiger partial charge in [0.15, 0.2) is 17.5 Å². The van der Waals surface area contributed by atoms with Gasteiger partial charge in [0.1, 0.15) is 71.2 Å². The summed E-state index contributed by atoms with van der Waals surface area (Å²) in [4.78, 5) is 112. The van der Waals surface area contributed by atoms with Gasteiger partial charge in [-0.1, -0.05) is 55.2 Å². The van der Waals surface area contributed by atoms with Crippen LogP contribution in [0.3, 0.4) is 0 Å². The first kappa shape index (κ1) is 66.9. The van der Waals surface area contributed by atoms with Crippen LogP contribution in [-0.4, -0.2) is 150 Å². The first-order valence-electron chi connectivity index (χ1n) is 27.7. The summed E-state index contributed by atoms with van der Waals surface area (Å²) in [5.74, 6) is -14.8. The van der Waals surface area contributed by atoms with Crippen LogP contribution in [0, 0.1) is 5.92 Å². The molecule has 9 bridgehead atoms. The number of nitrogens with one attached hydrogen (secondary N) is 6. The first-order valence-corrected chi connectivity index (χ1v) is 28.5. The van der Waals surface area contributed by atoms with Crippen LogP contribution in [0.15, 0.2) is 78.9 Å². The lowest BCUT2D eigenvalue weighted by Gasteiger charge is -2.36. The fraction of sp³-hybridized carbons (Fsp3) is 0.356. The number of nitrogens with two attached hydrogens (primary N) is 2. The molecule has 90 heavy (non-hydrogen) atoms. The number of phenolic OH excluding ortho intramolecular Hbond substituents is 3. The highest BCUT2D eigenvalue weighted by Crippen LogP contribution is 2.49. The minimum Gasteiger partial charge on any atom is -0.508 e. The number of benzene rings is 5. The molecule has 19 N–H and O–H groups in total. The molecule has 12 atom stereocenters. The van der Waals surface area contributed by atoms with Crippen molar-refractivity contribution in [3.63, 3.8) is 0 Å². The molecule has 0 aromatic heterocycles. The summed E-state index contributed by atoms with van der Waals surface area (Å²) in [5, 5.41) is 114. The molecule has 7 amide bonds. The lowest BCUT2D eigenvalue weighted by Crippen LogP contribution is -2.59. The van der Waals surface area contributed by atoms with E-state index in [9.17, 15) is 74.7 Å². The van der Waals surface area contributed by atoms with E-state index in [0.717, 1.165) is 54.6 Å². The fourth-order valence-corrected chi connectivity index (χ4v) is 10.8. The Labute approximate surface area is 521 Å². The van der Waals surface area contributed by atoms with Crippen LogP contribution >= 0.6 is 23.2 Å². The van der Waals surface area contributed by atoms with Crippen LogP contribution in [0.5, 0.6) is 46.0 Å². The van der Waals surface area contributed by atoms with E-state index in [0.29, 0.717) is 0 Å². The molecule has 5 aliphatic rings. The smallest absolute Gasteiger partial charge is 0.330 e. The van der Waals surface area contributed by atoms with E-state index in [1.165, 1.54) is 31.3 Å². The maximum absolute atomic E-state index is 15.5. The molecular weight excluding hydrogens is 1230 g/mol. The van der Waals surface area contributed by atoms with Crippen molar-refractivity contribution in [1.29, 1.82) is 0 Å². The van der Waals surface area contributed by atoms with Crippen LogP contribution in [0.1, 0.15) is 97.7 Å². The topological polar surface area (TPSA) is 480 Å². The van der Waals surface area contributed by atoms with E-state index in [4.69, 9.17) is 53.6 Å². The van der Waals surface area contributed by atoms with Crippen molar-refractivity contribution in [3.05, 3.63) is 117 Å². The number of carbonyl (C=O) groups excluding carboxylic acids is 7. The molecule has 1 saturated heterocycles. The molecule has 0 unspecified atom stereocenters. The van der Waals surface area contributed by atoms with Gasteiger partial charge in [0.05, 0.1) is 47.7 Å². The van der Waals surface area contributed by atoms with Gasteiger partial charge in [-0.3, -0.25) is 33.6 Å². The second-order valence-electron chi connectivity index (χ2n) is 21.8. The molecule has 5 aliphatic heterocycles. The monoisotopic (exact) mass is 1290 g/mol. The van der Waals surface area contributed by atoms with Crippen LogP contribution in [-0.2, 0) is 43.1 Å². The lowest BCUT2D eigenvalue weighted by molar-refractivity contribution is -0.230. The highest BCUT2D eigenvalue weighted by molar-refractivity contribution is 6.32. The number of hydrogen-bond acceptors (Lipinski definition) is 21. The zero-order valence-electron chi connectivity index (χ0n) is 47.9. The van der Waals surface area contributed by atoms with E-state index in [2.05, 4.69) is 31.9 Å². The summed E-state index contributed by atoms with van der Waals surface area (Å²) in [6.45, 7) is 2.82. The zero-order chi connectivity index (χ0) is 65.7. The van der Waals surface area contributed by atoms with Crippen LogP contribution < -0.4 is 57.6 Å². The molecule has 0 spiro atoms. The Morgan fingerprint density at radius 1 is 0.733 bits per heavy atom. The van der Waals surface area contributed by atoms with E-state index in [1.54, 1.807) is 0 Å². The normalized spacial score (nSPS) is 24.3. The number of aliphatic carboxylic acids is 1. The van der Waals surface area contributed by atoms with Gasteiger partial charge in [0, 0.05) is 29.2 Å². The number of halogens is 2. The molecule has 5 aromatic carbocycles. The summed E-state index contributed by atoms with van der Waals surface area (Å²) in [6, 6.07) is 2.42. The minimum atomic E-state index is -2.23. The number of carboxylic acids is 1. The van der Waals surface area contributed by atoms with Gasteiger partial charge >= 0.3 is 5.97 Å². The highest BCUT2D eigenvalue weighted by atomic mass is 35.5. The molecule has 0 saturated carbocycles.